The van der Waals surface area contributed by atoms with Crippen LogP contribution in [0.2, 0.25) is 19.6 Å². The van der Waals surface area contributed by atoms with E-state index in [9.17, 15) is 0 Å². The minimum absolute atomic E-state index is 0. The molecule has 1 nitrogen and oxygen atoms in total. The highest BCUT2D eigenvalue weighted by atomic mass is 127. The minimum Gasteiger partial charge on any atom is -0.210 e. The highest BCUT2D eigenvalue weighted by molar-refractivity contribution is 14.0. The standard InChI is InChI=1S/C9H16NSi.HI.Mg.2H/c1-10-8-6-5-7-9(10)11(2,3)4;;;;/h5-8H,1-4H3;1H;;;/q+1;;;;. The number of pyridine rings is 1. The number of aromatic nitrogens is 1. The fourth-order valence-electron chi connectivity index (χ4n) is 1.30. The fraction of sp³-hybridized carbons (Fsp3) is 0.444. The summed E-state index contributed by atoms with van der Waals surface area (Å²) in [4.78, 5) is 0. The zero-order valence-corrected chi connectivity index (χ0v) is 11.5. The van der Waals surface area contributed by atoms with Gasteiger partial charge in [0, 0.05) is 6.07 Å². The smallest absolute Gasteiger partial charge is 0.210 e. The predicted octanol–water partition coefficient (Wildman–Crippen LogP) is 0.758. The maximum atomic E-state index is 2.36. The van der Waals surface area contributed by atoms with Gasteiger partial charge in [-0.3, -0.25) is 0 Å². The summed E-state index contributed by atoms with van der Waals surface area (Å²) < 4.78 is 2.23. The van der Waals surface area contributed by atoms with Crippen molar-refractivity contribution in [2.24, 2.45) is 7.05 Å². The van der Waals surface area contributed by atoms with E-state index in [1.807, 2.05) is 0 Å². The van der Waals surface area contributed by atoms with Crippen LogP contribution in [0.25, 0.3) is 0 Å². The second kappa shape index (κ2) is 6.37. The van der Waals surface area contributed by atoms with Crippen LogP contribution in [-0.4, -0.2) is 31.1 Å². The first-order valence-corrected chi connectivity index (χ1v) is 7.47. The third-order valence-electron chi connectivity index (χ3n) is 1.82. The lowest BCUT2D eigenvalue weighted by molar-refractivity contribution is -0.654. The lowest BCUT2D eigenvalue weighted by atomic mass is 10.5. The van der Waals surface area contributed by atoms with Crippen LogP contribution in [-0.2, 0) is 7.05 Å². The van der Waals surface area contributed by atoms with Crippen molar-refractivity contribution >= 4 is 60.4 Å². The Hall–Kier alpha value is 0.863. The van der Waals surface area contributed by atoms with Crippen LogP contribution in [0.1, 0.15) is 0 Å². The molecule has 72 valence electrons. The number of halogens is 1. The molecule has 1 aromatic rings. The molecule has 0 atom stereocenters. The molecular formula is C9H19IMgNSi+. The molecule has 0 aliphatic heterocycles. The van der Waals surface area contributed by atoms with E-state index < -0.39 is 8.07 Å². The molecule has 0 aromatic carbocycles. The van der Waals surface area contributed by atoms with Crippen LogP contribution in [0, 0.1) is 0 Å². The second-order valence-electron chi connectivity index (χ2n) is 3.95. The zero-order chi connectivity index (χ0) is 8.48. The minimum atomic E-state index is -1.11. The van der Waals surface area contributed by atoms with Crippen molar-refractivity contribution in [1.82, 2.24) is 0 Å². The van der Waals surface area contributed by atoms with Crippen LogP contribution >= 0.6 is 24.0 Å². The maximum Gasteiger partial charge on any atom is 0.316 e. The molecule has 0 amide bonds. The van der Waals surface area contributed by atoms with Gasteiger partial charge in [0.2, 0.25) is 0 Å². The van der Waals surface area contributed by atoms with E-state index in [0.29, 0.717) is 0 Å². The topological polar surface area (TPSA) is 3.88 Å². The first kappa shape index (κ1) is 16.3. The van der Waals surface area contributed by atoms with E-state index >= 15 is 0 Å². The van der Waals surface area contributed by atoms with E-state index in [4.69, 9.17) is 0 Å². The lowest BCUT2D eigenvalue weighted by Gasteiger charge is -2.11. The first-order chi connectivity index (χ1) is 5.02. The summed E-state index contributed by atoms with van der Waals surface area (Å²) in [5, 5.41) is 1.50. The molecule has 0 spiro atoms. The number of hydrogen-bond donors (Lipinski definition) is 0. The summed E-state index contributed by atoms with van der Waals surface area (Å²) in [7, 11) is 1.00. The predicted molar refractivity (Wildman–Crippen MR) is 74.6 cm³/mol. The van der Waals surface area contributed by atoms with Crippen LogP contribution in [0.5, 0.6) is 0 Å². The summed E-state index contributed by atoms with van der Waals surface area (Å²) in [6.45, 7) is 7.09. The van der Waals surface area contributed by atoms with Gasteiger partial charge in [0.05, 0.1) is 0 Å². The monoisotopic (exact) mass is 320 g/mol. The van der Waals surface area contributed by atoms with Gasteiger partial charge in [0.1, 0.15) is 7.05 Å². The van der Waals surface area contributed by atoms with Crippen molar-refractivity contribution < 1.29 is 4.57 Å². The molecule has 0 aliphatic carbocycles. The average molecular weight is 321 g/mol. The number of hydrogen-bond acceptors (Lipinski definition) is 0. The molecule has 13 heavy (non-hydrogen) atoms. The summed E-state index contributed by atoms with van der Waals surface area (Å²) in [6, 6.07) is 6.42. The van der Waals surface area contributed by atoms with Crippen molar-refractivity contribution in [1.29, 1.82) is 0 Å². The molecular weight excluding hydrogens is 301 g/mol. The highest BCUT2D eigenvalue weighted by Gasteiger charge is 2.24. The quantitative estimate of drug-likeness (QED) is 0.409. The van der Waals surface area contributed by atoms with Gasteiger partial charge in [-0.1, -0.05) is 25.7 Å². The van der Waals surface area contributed by atoms with Gasteiger partial charge in [-0.05, 0) is 6.07 Å². The van der Waals surface area contributed by atoms with Gasteiger partial charge < -0.3 is 0 Å². The van der Waals surface area contributed by atoms with Crippen LogP contribution in [0.3, 0.4) is 0 Å². The molecule has 0 fully saturated rings. The van der Waals surface area contributed by atoms with Gasteiger partial charge in [-0.15, -0.1) is 24.0 Å². The van der Waals surface area contributed by atoms with Gasteiger partial charge in [0.25, 0.3) is 0 Å². The molecule has 1 heterocycles. The van der Waals surface area contributed by atoms with Gasteiger partial charge in [0.15, 0.2) is 19.6 Å². The van der Waals surface area contributed by atoms with E-state index in [2.05, 4.69) is 55.7 Å². The number of nitrogens with zero attached hydrogens (tertiary/aromatic N) is 1. The molecule has 0 N–H and O–H groups in total. The van der Waals surface area contributed by atoms with E-state index in [-0.39, 0.29) is 47.0 Å². The first-order valence-electron chi connectivity index (χ1n) is 3.97. The second-order valence-corrected chi connectivity index (χ2v) is 8.96. The molecule has 0 radical (unpaired) electrons. The Labute approximate surface area is 115 Å². The van der Waals surface area contributed by atoms with E-state index in [1.165, 1.54) is 5.32 Å². The molecule has 0 unspecified atom stereocenters. The normalized spacial score (nSPS) is 9.85. The Bertz CT molecular complexity index is 260. The fourth-order valence-corrected chi connectivity index (χ4v) is 3.03. The SMILES string of the molecule is C[n+]1ccccc1[Si](C)(C)C.I.[MgH2]. The summed E-state index contributed by atoms with van der Waals surface area (Å²) >= 11 is 0. The number of rotatable bonds is 1. The summed E-state index contributed by atoms with van der Waals surface area (Å²) in [6.07, 6.45) is 2.12. The Kier molecular flexibility index (Phi) is 7.98. The van der Waals surface area contributed by atoms with Crippen LogP contribution in [0.15, 0.2) is 24.4 Å². The van der Waals surface area contributed by atoms with Crippen molar-refractivity contribution in [3.8, 4) is 0 Å². The van der Waals surface area contributed by atoms with Gasteiger partial charge >= 0.3 is 23.1 Å². The zero-order valence-electron chi connectivity index (χ0n) is 8.16. The van der Waals surface area contributed by atoms with E-state index in [0.717, 1.165) is 0 Å². The summed E-state index contributed by atoms with van der Waals surface area (Å²) in [5.41, 5.74) is 0. The molecule has 4 heteroatoms. The largest absolute Gasteiger partial charge is 0.316 e. The Morgan fingerprint density at radius 1 is 1.15 bits per heavy atom. The van der Waals surface area contributed by atoms with Crippen molar-refractivity contribution in [3.63, 3.8) is 0 Å². The summed E-state index contributed by atoms with van der Waals surface area (Å²) in [5.74, 6) is 0. The average Bonchev–Trinajstić information content (AvgIpc) is 1.86. The van der Waals surface area contributed by atoms with Crippen LogP contribution < -0.4 is 9.88 Å². The Balaban J connectivity index is 0. The maximum absolute atomic E-state index is 2.36. The molecule has 0 bridgehead atoms. The van der Waals surface area contributed by atoms with Crippen molar-refractivity contribution in [3.05, 3.63) is 24.4 Å². The van der Waals surface area contributed by atoms with Gasteiger partial charge in [-0.2, -0.15) is 0 Å². The molecule has 1 aromatic heterocycles. The van der Waals surface area contributed by atoms with E-state index in [1.54, 1.807) is 0 Å². The number of aryl methyl sites for hydroxylation is 1. The lowest BCUT2D eigenvalue weighted by Crippen LogP contribution is -2.58. The highest BCUT2D eigenvalue weighted by Crippen LogP contribution is 1.97. The van der Waals surface area contributed by atoms with Gasteiger partial charge in [-0.25, -0.2) is 4.57 Å². The molecule has 0 saturated carbocycles. The molecule has 0 saturated heterocycles. The van der Waals surface area contributed by atoms with Crippen molar-refractivity contribution in [2.45, 2.75) is 19.6 Å². The Morgan fingerprint density at radius 3 is 2.00 bits per heavy atom. The third-order valence-corrected chi connectivity index (χ3v) is 3.88. The Morgan fingerprint density at radius 2 is 1.69 bits per heavy atom. The van der Waals surface area contributed by atoms with Crippen LogP contribution in [0.4, 0.5) is 0 Å². The van der Waals surface area contributed by atoms with Crippen molar-refractivity contribution in [2.75, 3.05) is 0 Å². The molecule has 1 rings (SSSR count). The molecule has 0 aliphatic rings. The third kappa shape index (κ3) is 4.76.